The van der Waals surface area contributed by atoms with Gasteiger partial charge in [-0.3, -0.25) is 0 Å². The van der Waals surface area contributed by atoms with Gasteiger partial charge in [-0.05, 0) is 69.2 Å². The molecular formula is C21H28N6O2S2. The number of aromatic nitrogens is 4. The van der Waals surface area contributed by atoms with Crippen LogP contribution < -0.4 is 10.5 Å². The van der Waals surface area contributed by atoms with E-state index in [1.54, 1.807) is 11.8 Å². The maximum Gasteiger partial charge on any atom is 0.211 e. The van der Waals surface area contributed by atoms with Gasteiger partial charge in [-0.25, -0.2) is 28.1 Å². The van der Waals surface area contributed by atoms with Gasteiger partial charge in [-0.2, -0.15) is 0 Å². The number of nitrogens with zero attached hydrogens (tertiary/aromatic N) is 4. The van der Waals surface area contributed by atoms with Gasteiger partial charge in [0.2, 0.25) is 10.0 Å². The SMILES string of the molecule is Cc1cc2c(cc1Sc1nc3c(N)ncnc3n1CCCS(=O)(=O)NC(C)C)CCC2. The van der Waals surface area contributed by atoms with Crippen LogP contribution in [0.1, 0.15) is 43.4 Å². The van der Waals surface area contributed by atoms with Crippen LogP contribution in [0.2, 0.25) is 0 Å². The van der Waals surface area contributed by atoms with Gasteiger partial charge in [-0.1, -0.05) is 17.8 Å². The van der Waals surface area contributed by atoms with Gasteiger partial charge in [-0.15, -0.1) is 0 Å². The molecule has 8 nitrogen and oxygen atoms in total. The van der Waals surface area contributed by atoms with Crippen molar-refractivity contribution in [1.29, 1.82) is 0 Å². The predicted octanol–water partition coefficient (Wildman–Crippen LogP) is 3.07. The minimum atomic E-state index is -3.33. The smallest absolute Gasteiger partial charge is 0.211 e. The maximum atomic E-state index is 12.2. The van der Waals surface area contributed by atoms with Crippen LogP contribution in [-0.2, 0) is 29.4 Å². The number of benzene rings is 1. The standard InChI is InChI=1S/C21H28N6O2S2/c1-13(2)26-31(28,29)9-5-8-27-20-18(19(22)23-12-24-20)25-21(27)30-17-11-16-7-4-6-15(16)10-14(17)3/h10-13,26H,4-9H2,1-3H3,(H2,22,23,24). The highest BCUT2D eigenvalue weighted by Crippen LogP contribution is 2.36. The van der Waals surface area contributed by atoms with Crippen molar-refractivity contribution in [2.45, 2.75) is 69.1 Å². The molecule has 0 unspecified atom stereocenters. The highest BCUT2D eigenvalue weighted by Gasteiger charge is 2.20. The van der Waals surface area contributed by atoms with Crippen LogP contribution in [0.4, 0.5) is 5.82 Å². The first kappa shape index (κ1) is 22.0. The molecule has 2 heterocycles. The Kier molecular flexibility index (Phi) is 6.23. The van der Waals surface area contributed by atoms with Gasteiger partial charge in [0.05, 0.1) is 5.75 Å². The summed E-state index contributed by atoms with van der Waals surface area (Å²) in [4.78, 5) is 14.3. The first-order valence-corrected chi connectivity index (χ1v) is 13.0. The summed E-state index contributed by atoms with van der Waals surface area (Å²) in [5, 5.41) is 0.748. The summed E-state index contributed by atoms with van der Waals surface area (Å²) in [6.45, 7) is 6.22. The molecule has 166 valence electrons. The molecule has 0 aliphatic heterocycles. The molecule has 0 atom stereocenters. The van der Waals surface area contributed by atoms with E-state index in [1.165, 1.54) is 29.4 Å². The summed E-state index contributed by atoms with van der Waals surface area (Å²) in [6, 6.07) is 4.41. The van der Waals surface area contributed by atoms with Gasteiger partial charge in [0, 0.05) is 17.5 Å². The van der Waals surface area contributed by atoms with Gasteiger partial charge >= 0.3 is 0 Å². The normalized spacial score (nSPS) is 13.9. The molecule has 1 aliphatic rings. The number of hydrogen-bond donors (Lipinski definition) is 2. The van der Waals surface area contributed by atoms with Crippen LogP contribution in [0.15, 0.2) is 28.5 Å². The van der Waals surface area contributed by atoms with Crippen molar-refractivity contribution in [2.75, 3.05) is 11.5 Å². The van der Waals surface area contributed by atoms with Gasteiger partial charge < -0.3 is 10.3 Å². The number of nitrogens with two attached hydrogens (primary N) is 1. The maximum absolute atomic E-state index is 12.2. The fraction of sp³-hybridized carbons (Fsp3) is 0.476. The summed E-state index contributed by atoms with van der Waals surface area (Å²) < 4.78 is 29.0. The molecule has 0 saturated heterocycles. The Hall–Kier alpha value is -2.17. The largest absolute Gasteiger partial charge is 0.382 e. The Morgan fingerprint density at radius 3 is 2.71 bits per heavy atom. The van der Waals surface area contributed by atoms with Crippen molar-refractivity contribution >= 4 is 38.8 Å². The zero-order valence-corrected chi connectivity index (χ0v) is 19.7. The van der Waals surface area contributed by atoms with E-state index in [0.29, 0.717) is 29.9 Å². The average Bonchev–Trinajstić information content (AvgIpc) is 3.26. The predicted molar refractivity (Wildman–Crippen MR) is 124 cm³/mol. The molecule has 0 bridgehead atoms. The molecule has 0 amide bonds. The van der Waals surface area contributed by atoms with Gasteiger partial charge in [0.1, 0.15) is 6.33 Å². The molecule has 2 aromatic heterocycles. The lowest BCUT2D eigenvalue weighted by Gasteiger charge is -2.12. The van der Waals surface area contributed by atoms with E-state index in [-0.39, 0.29) is 11.8 Å². The van der Waals surface area contributed by atoms with E-state index in [1.807, 2.05) is 18.4 Å². The van der Waals surface area contributed by atoms with Crippen LogP contribution in [-0.4, -0.2) is 39.7 Å². The highest BCUT2D eigenvalue weighted by molar-refractivity contribution is 7.99. The van der Waals surface area contributed by atoms with E-state index in [9.17, 15) is 8.42 Å². The number of sulfonamides is 1. The fourth-order valence-corrected chi connectivity index (χ4v) is 6.37. The zero-order valence-electron chi connectivity index (χ0n) is 18.1. The molecule has 1 aromatic carbocycles. The number of hydrogen-bond acceptors (Lipinski definition) is 7. The highest BCUT2D eigenvalue weighted by atomic mass is 32.2. The lowest BCUT2D eigenvalue weighted by Crippen LogP contribution is -2.32. The van der Waals surface area contributed by atoms with Crippen molar-refractivity contribution in [1.82, 2.24) is 24.2 Å². The summed E-state index contributed by atoms with van der Waals surface area (Å²) in [6.07, 6.45) is 5.31. The molecule has 10 heteroatoms. The van der Waals surface area contributed by atoms with Crippen molar-refractivity contribution in [3.63, 3.8) is 0 Å². The molecule has 4 rings (SSSR count). The minimum Gasteiger partial charge on any atom is -0.382 e. The third kappa shape index (κ3) is 4.86. The number of imidazole rings is 1. The number of anilines is 1. The monoisotopic (exact) mass is 460 g/mol. The summed E-state index contributed by atoms with van der Waals surface area (Å²) >= 11 is 1.57. The quantitative estimate of drug-likeness (QED) is 0.531. The van der Waals surface area contributed by atoms with E-state index < -0.39 is 10.0 Å². The molecule has 0 spiro atoms. The first-order valence-electron chi connectivity index (χ1n) is 10.5. The molecule has 1 aliphatic carbocycles. The topological polar surface area (TPSA) is 116 Å². The lowest BCUT2D eigenvalue weighted by molar-refractivity contribution is 0.558. The average molecular weight is 461 g/mol. The Morgan fingerprint density at radius 2 is 1.97 bits per heavy atom. The van der Waals surface area contributed by atoms with Crippen LogP contribution >= 0.6 is 11.8 Å². The van der Waals surface area contributed by atoms with Crippen molar-refractivity contribution in [3.05, 3.63) is 35.2 Å². The molecule has 3 aromatic rings. The Bertz CT molecular complexity index is 1220. The molecule has 31 heavy (non-hydrogen) atoms. The van der Waals surface area contributed by atoms with Crippen molar-refractivity contribution in [3.8, 4) is 0 Å². The number of nitrogens with one attached hydrogen (secondary N) is 1. The van der Waals surface area contributed by atoms with Crippen LogP contribution in [0.25, 0.3) is 11.2 Å². The minimum absolute atomic E-state index is 0.0351. The third-order valence-corrected chi connectivity index (χ3v) is 8.14. The summed E-state index contributed by atoms with van der Waals surface area (Å²) in [5.74, 6) is 0.360. The van der Waals surface area contributed by atoms with Gasteiger partial charge in [0.25, 0.3) is 0 Å². The van der Waals surface area contributed by atoms with Crippen LogP contribution in [0, 0.1) is 6.92 Å². The summed E-state index contributed by atoms with van der Waals surface area (Å²) in [7, 11) is -3.33. The second kappa shape index (κ2) is 8.76. The molecule has 3 N–H and O–H groups in total. The second-order valence-corrected chi connectivity index (χ2v) is 11.1. The lowest BCUT2D eigenvalue weighted by atomic mass is 10.1. The third-order valence-electron chi connectivity index (χ3n) is 5.33. The molecular weight excluding hydrogens is 432 g/mol. The number of aryl methyl sites for hydroxylation is 4. The Balaban J connectivity index is 1.64. The Labute approximate surface area is 187 Å². The number of fused-ring (bicyclic) bond motifs is 2. The molecule has 0 radical (unpaired) electrons. The van der Waals surface area contributed by atoms with E-state index in [2.05, 4.69) is 33.7 Å². The van der Waals surface area contributed by atoms with E-state index >= 15 is 0 Å². The number of nitrogen functional groups attached to an aromatic ring is 1. The number of rotatable bonds is 8. The van der Waals surface area contributed by atoms with E-state index in [4.69, 9.17) is 10.7 Å². The second-order valence-electron chi connectivity index (χ2n) is 8.26. The van der Waals surface area contributed by atoms with Crippen LogP contribution in [0.3, 0.4) is 0 Å². The van der Waals surface area contributed by atoms with E-state index in [0.717, 1.165) is 22.9 Å². The Morgan fingerprint density at radius 1 is 1.23 bits per heavy atom. The molecule has 0 fully saturated rings. The fourth-order valence-electron chi connectivity index (χ4n) is 3.98. The summed E-state index contributed by atoms with van der Waals surface area (Å²) in [5.41, 5.74) is 11.3. The van der Waals surface area contributed by atoms with Crippen LogP contribution in [0.5, 0.6) is 0 Å². The van der Waals surface area contributed by atoms with Gasteiger partial charge in [0.15, 0.2) is 22.1 Å². The van der Waals surface area contributed by atoms with Crippen molar-refractivity contribution < 1.29 is 8.42 Å². The zero-order chi connectivity index (χ0) is 22.2. The van der Waals surface area contributed by atoms with Crippen molar-refractivity contribution in [2.24, 2.45) is 0 Å². The first-order chi connectivity index (χ1) is 14.7. The molecule has 0 saturated carbocycles.